The maximum Gasteiger partial charge on any atom is 0.408 e. The molecular weight excluding hydrogens is 312 g/mol. The van der Waals surface area contributed by atoms with Crippen molar-refractivity contribution in [3.8, 4) is 0 Å². The van der Waals surface area contributed by atoms with Crippen LogP contribution in [-0.2, 0) is 14.3 Å². The maximum absolute atomic E-state index is 12.7. The van der Waals surface area contributed by atoms with Gasteiger partial charge in [-0.15, -0.1) is 0 Å². The summed E-state index contributed by atoms with van der Waals surface area (Å²) in [4.78, 5) is 37.2. The van der Waals surface area contributed by atoms with Gasteiger partial charge in [0.25, 0.3) is 5.91 Å². The first-order valence-corrected chi connectivity index (χ1v) is 7.77. The molecule has 1 heterocycles. The highest BCUT2D eigenvalue weighted by Crippen LogP contribution is 2.24. The van der Waals surface area contributed by atoms with Gasteiger partial charge in [0.05, 0.1) is 0 Å². The number of likely N-dealkylation sites (tertiary alicyclic amines) is 1. The molecule has 2 atom stereocenters. The Labute approximate surface area is 140 Å². The molecule has 1 aliphatic heterocycles. The molecule has 0 radical (unpaired) electrons. The van der Waals surface area contributed by atoms with Crippen molar-refractivity contribution in [1.82, 2.24) is 10.2 Å². The van der Waals surface area contributed by atoms with E-state index in [1.807, 2.05) is 0 Å². The highest BCUT2D eigenvalue weighted by molar-refractivity contribution is 5.91. The van der Waals surface area contributed by atoms with Gasteiger partial charge in [0.1, 0.15) is 17.7 Å². The third-order valence-electron chi connectivity index (χ3n) is 3.63. The first kappa shape index (κ1) is 17.8. The monoisotopic (exact) mass is 334 g/mol. The second-order valence-electron chi connectivity index (χ2n) is 6.66. The Bertz CT molecular complexity index is 624. The van der Waals surface area contributed by atoms with Crippen molar-refractivity contribution in [2.45, 2.75) is 44.9 Å². The van der Waals surface area contributed by atoms with E-state index in [9.17, 15) is 14.4 Å². The molecule has 24 heavy (non-hydrogen) atoms. The second kappa shape index (κ2) is 6.90. The van der Waals surface area contributed by atoms with Crippen LogP contribution < -0.4 is 5.32 Å². The van der Waals surface area contributed by atoms with Gasteiger partial charge in [-0.1, -0.05) is 30.3 Å². The van der Waals surface area contributed by atoms with Crippen molar-refractivity contribution in [1.29, 1.82) is 0 Å². The van der Waals surface area contributed by atoms with E-state index in [4.69, 9.17) is 9.84 Å². The zero-order valence-corrected chi connectivity index (χ0v) is 14.0. The molecule has 1 saturated heterocycles. The Morgan fingerprint density at radius 3 is 2.33 bits per heavy atom. The van der Waals surface area contributed by atoms with Crippen LogP contribution in [0, 0.1) is 0 Å². The average Bonchev–Trinajstić information content (AvgIpc) is 2.41. The Kier molecular flexibility index (Phi) is 5.11. The molecule has 130 valence electrons. The number of aliphatic carboxylic acids is 1. The van der Waals surface area contributed by atoms with Crippen molar-refractivity contribution in [3.63, 3.8) is 0 Å². The lowest BCUT2D eigenvalue weighted by molar-refractivity contribution is -0.158. The smallest absolute Gasteiger partial charge is 0.408 e. The minimum Gasteiger partial charge on any atom is -0.480 e. The molecule has 1 aliphatic rings. The first-order valence-electron chi connectivity index (χ1n) is 7.77. The van der Waals surface area contributed by atoms with Crippen molar-refractivity contribution < 1.29 is 24.2 Å². The number of carbonyl (C=O) groups excluding carboxylic acids is 2. The summed E-state index contributed by atoms with van der Waals surface area (Å²) in [6, 6.07) is 6.87. The van der Waals surface area contributed by atoms with Gasteiger partial charge in [-0.25, -0.2) is 9.59 Å². The highest BCUT2D eigenvalue weighted by atomic mass is 16.6. The number of benzene rings is 1. The van der Waals surface area contributed by atoms with E-state index in [0.29, 0.717) is 18.5 Å². The summed E-state index contributed by atoms with van der Waals surface area (Å²) in [5.74, 6) is -1.50. The number of amides is 2. The molecule has 0 unspecified atom stereocenters. The van der Waals surface area contributed by atoms with Crippen LogP contribution in [0.2, 0.25) is 0 Å². The van der Waals surface area contributed by atoms with Crippen LogP contribution in [0.3, 0.4) is 0 Å². The fourth-order valence-corrected chi connectivity index (χ4v) is 2.43. The standard InChI is InChI=1S/C17H22N2O5/c1-17(2,3)24-16(23)18-13(11-7-5-4-6-8-11)14(20)19-10-9-12(19)15(21)22/h4-8,12-13H,9-10H2,1-3H3,(H,18,23)(H,21,22)/t12-,13+/m0/s1. The molecule has 7 nitrogen and oxygen atoms in total. The number of carbonyl (C=O) groups is 3. The lowest BCUT2D eigenvalue weighted by atomic mass is 9.98. The molecule has 0 spiro atoms. The summed E-state index contributed by atoms with van der Waals surface area (Å²) in [5, 5.41) is 11.7. The SMILES string of the molecule is CC(C)(C)OC(=O)N[C@@H](C(=O)N1CC[C@H]1C(=O)O)c1ccccc1. The van der Waals surface area contributed by atoms with E-state index in [2.05, 4.69) is 5.32 Å². The number of carboxylic acids is 1. The number of hydrogen-bond acceptors (Lipinski definition) is 4. The number of alkyl carbamates (subject to hydrolysis) is 1. The average molecular weight is 334 g/mol. The number of ether oxygens (including phenoxy) is 1. The van der Waals surface area contributed by atoms with E-state index >= 15 is 0 Å². The van der Waals surface area contributed by atoms with Crippen molar-refractivity contribution >= 4 is 18.0 Å². The molecule has 1 aromatic carbocycles. The summed E-state index contributed by atoms with van der Waals surface area (Å²) in [6.45, 7) is 5.53. The predicted molar refractivity (Wildman–Crippen MR) is 86.3 cm³/mol. The number of rotatable bonds is 4. The summed E-state index contributed by atoms with van der Waals surface area (Å²) in [6.07, 6.45) is -0.313. The minimum absolute atomic E-state index is 0.356. The highest BCUT2D eigenvalue weighted by Gasteiger charge is 2.41. The van der Waals surface area contributed by atoms with Crippen LogP contribution in [-0.4, -0.2) is 46.2 Å². The fourth-order valence-electron chi connectivity index (χ4n) is 2.43. The zero-order valence-electron chi connectivity index (χ0n) is 14.0. The Morgan fingerprint density at radius 1 is 1.25 bits per heavy atom. The molecule has 0 saturated carbocycles. The summed E-state index contributed by atoms with van der Waals surface area (Å²) >= 11 is 0. The molecule has 7 heteroatoms. The van der Waals surface area contributed by atoms with Crippen LogP contribution in [0.25, 0.3) is 0 Å². The van der Waals surface area contributed by atoms with Crippen LogP contribution in [0.4, 0.5) is 4.79 Å². The van der Waals surface area contributed by atoms with Crippen molar-refractivity contribution in [3.05, 3.63) is 35.9 Å². The molecular formula is C17H22N2O5. The number of carboxylic acid groups (broad SMARTS) is 1. The lowest BCUT2D eigenvalue weighted by Gasteiger charge is -2.40. The van der Waals surface area contributed by atoms with E-state index in [-0.39, 0.29) is 0 Å². The van der Waals surface area contributed by atoms with Gasteiger partial charge < -0.3 is 20.1 Å². The van der Waals surface area contributed by atoms with Gasteiger partial charge in [-0.2, -0.15) is 0 Å². The van der Waals surface area contributed by atoms with Crippen LogP contribution in [0.5, 0.6) is 0 Å². The minimum atomic E-state index is -1.04. The van der Waals surface area contributed by atoms with Crippen LogP contribution >= 0.6 is 0 Å². The largest absolute Gasteiger partial charge is 0.480 e. The fraction of sp³-hybridized carbons (Fsp3) is 0.471. The van der Waals surface area contributed by atoms with E-state index in [1.54, 1.807) is 51.1 Å². The second-order valence-corrected chi connectivity index (χ2v) is 6.66. The normalized spacial score (nSPS) is 18.3. The third-order valence-corrected chi connectivity index (χ3v) is 3.63. The molecule has 0 aliphatic carbocycles. The quantitative estimate of drug-likeness (QED) is 0.877. The number of nitrogens with zero attached hydrogens (tertiary/aromatic N) is 1. The summed E-state index contributed by atoms with van der Waals surface area (Å²) in [7, 11) is 0. The van der Waals surface area contributed by atoms with Crippen LogP contribution in [0.15, 0.2) is 30.3 Å². The molecule has 2 amide bonds. The Hall–Kier alpha value is -2.57. The number of nitrogens with one attached hydrogen (secondary N) is 1. The zero-order chi connectivity index (χ0) is 17.9. The third kappa shape index (κ3) is 4.24. The van der Waals surface area contributed by atoms with Gasteiger partial charge in [-0.05, 0) is 32.8 Å². The predicted octanol–water partition coefficient (Wildman–Crippen LogP) is 1.94. The molecule has 2 rings (SSSR count). The molecule has 0 aromatic heterocycles. The van der Waals surface area contributed by atoms with E-state index in [1.165, 1.54) is 4.90 Å². The van der Waals surface area contributed by atoms with Crippen molar-refractivity contribution in [2.75, 3.05) is 6.54 Å². The topological polar surface area (TPSA) is 95.9 Å². The Morgan fingerprint density at radius 2 is 1.88 bits per heavy atom. The molecule has 0 bridgehead atoms. The number of hydrogen-bond donors (Lipinski definition) is 2. The van der Waals surface area contributed by atoms with Gasteiger partial charge in [0.2, 0.25) is 0 Å². The maximum atomic E-state index is 12.7. The Balaban J connectivity index is 2.19. The molecule has 1 aromatic rings. The summed E-state index contributed by atoms with van der Waals surface area (Å²) < 4.78 is 5.21. The van der Waals surface area contributed by atoms with Gasteiger partial charge in [-0.3, -0.25) is 4.79 Å². The van der Waals surface area contributed by atoms with Gasteiger partial charge in [0.15, 0.2) is 0 Å². The van der Waals surface area contributed by atoms with E-state index in [0.717, 1.165) is 0 Å². The first-order chi connectivity index (χ1) is 11.2. The molecule has 2 N–H and O–H groups in total. The summed E-state index contributed by atoms with van der Waals surface area (Å²) in [5.41, 5.74) is -0.126. The van der Waals surface area contributed by atoms with Crippen LogP contribution in [0.1, 0.15) is 38.8 Å². The van der Waals surface area contributed by atoms with Gasteiger partial charge in [0, 0.05) is 6.54 Å². The van der Waals surface area contributed by atoms with Crippen molar-refractivity contribution in [2.24, 2.45) is 0 Å². The van der Waals surface area contributed by atoms with E-state index < -0.39 is 35.7 Å². The lowest BCUT2D eigenvalue weighted by Crippen LogP contribution is -2.58. The van der Waals surface area contributed by atoms with Gasteiger partial charge >= 0.3 is 12.1 Å². The molecule has 1 fully saturated rings.